The van der Waals surface area contributed by atoms with E-state index in [1.165, 1.54) is 29.5 Å². The van der Waals surface area contributed by atoms with E-state index < -0.39 is 0 Å². The second kappa shape index (κ2) is 5.03. The number of nitrogens with one attached hydrogen (secondary N) is 1. The SMILES string of the molecule is CCCc1ccc(C)cc1CNC. The minimum atomic E-state index is 0.983. The van der Waals surface area contributed by atoms with E-state index in [1.54, 1.807) is 0 Å². The van der Waals surface area contributed by atoms with Crippen molar-refractivity contribution in [2.45, 2.75) is 33.2 Å². The maximum absolute atomic E-state index is 3.21. The van der Waals surface area contributed by atoms with E-state index in [0.29, 0.717) is 0 Å². The summed E-state index contributed by atoms with van der Waals surface area (Å²) < 4.78 is 0. The molecule has 13 heavy (non-hydrogen) atoms. The molecular formula is C12H19N. The number of rotatable bonds is 4. The van der Waals surface area contributed by atoms with Crippen LogP contribution in [0, 0.1) is 6.92 Å². The molecule has 0 saturated heterocycles. The van der Waals surface area contributed by atoms with Gasteiger partial charge in [0.1, 0.15) is 0 Å². The molecule has 1 heteroatoms. The molecule has 0 aliphatic heterocycles. The number of aryl methyl sites for hydroxylation is 2. The Morgan fingerprint density at radius 3 is 2.62 bits per heavy atom. The van der Waals surface area contributed by atoms with Crippen LogP contribution in [0.1, 0.15) is 30.0 Å². The summed E-state index contributed by atoms with van der Waals surface area (Å²) in [7, 11) is 2.00. The molecule has 0 amide bonds. The van der Waals surface area contributed by atoms with Crippen LogP contribution in [0.5, 0.6) is 0 Å². The van der Waals surface area contributed by atoms with Crippen molar-refractivity contribution in [2.75, 3.05) is 7.05 Å². The van der Waals surface area contributed by atoms with Crippen LogP contribution < -0.4 is 5.32 Å². The van der Waals surface area contributed by atoms with E-state index in [1.807, 2.05) is 7.05 Å². The fraction of sp³-hybridized carbons (Fsp3) is 0.500. The number of hydrogen-bond acceptors (Lipinski definition) is 1. The van der Waals surface area contributed by atoms with Gasteiger partial charge in [0.15, 0.2) is 0 Å². The zero-order chi connectivity index (χ0) is 9.68. The highest BCUT2D eigenvalue weighted by Gasteiger charge is 2.00. The summed E-state index contributed by atoms with van der Waals surface area (Å²) in [6.45, 7) is 5.36. The average molecular weight is 177 g/mol. The summed E-state index contributed by atoms with van der Waals surface area (Å²) in [4.78, 5) is 0. The highest BCUT2D eigenvalue weighted by atomic mass is 14.8. The molecule has 1 aromatic carbocycles. The lowest BCUT2D eigenvalue weighted by molar-refractivity contribution is 0.793. The van der Waals surface area contributed by atoms with Gasteiger partial charge in [-0.1, -0.05) is 37.1 Å². The molecule has 0 fully saturated rings. The smallest absolute Gasteiger partial charge is 0.0205 e. The van der Waals surface area contributed by atoms with E-state index in [9.17, 15) is 0 Å². The van der Waals surface area contributed by atoms with E-state index in [0.717, 1.165) is 6.54 Å². The Morgan fingerprint density at radius 2 is 2.00 bits per heavy atom. The summed E-state index contributed by atoms with van der Waals surface area (Å²) in [6, 6.07) is 6.73. The highest BCUT2D eigenvalue weighted by molar-refractivity contribution is 5.31. The van der Waals surface area contributed by atoms with E-state index in [2.05, 4.69) is 37.4 Å². The van der Waals surface area contributed by atoms with Crippen LogP contribution in [0.2, 0.25) is 0 Å². The van der Waals surface area contributed by atoms with Gasteiger partial charge >= 0.3 is 0 Å². The molecular weight excluding hydrogens is 158 g/mol. The topological polar surface area (TPSA) is 12.0 Å². The molecule has 0 aliphatic rings. The van der Waals surface area contributed by atoms with Crippen LogP contribution in [-0.2, 0) is 13.0 Å². The van der Waals surface area contributed by atoms with Gasteiger partial charge in [-0.05, 0) is 31.5 Å². The Kier molecular flexibility index (Phi) is 3.97. The minimum Gasteiger partial charge on any atom is -0.316 e. The fourth-order valence-electron chi connectivity index (χ4n) is 1.62. The lowest BCUT2D eigenvalue weighted by Gasteiger charge is -2.09. The van der Waals surface area contributed by atoms with Crippen LogP contribution in [0.25, 0.3) is 0 Å². The third-order valence-corrected chi connectivity index (χ3v) is 2.25. The van der Waals surface area contributed by atoms with Crippen molar-refractivity contribution in [2.24, 2.45) is 0 Å². The van der Waals surface area contributed by atoms with Gasteiger partial charge in [-0.2, -0.15) is 0 Å². The summed E-state index contributed by atoms with van der Waals surface area (Å²) >= 11 is 0. The van der Waals surface area contributed by atoms with Gasteiger partial charge < -0.3 is 5.32 Å². The monoisotopic (exact) mass is 177 g/mol. The lowest BCUT2D eigenvalue weighted by Crippen LogP contribution is -2.08. The molecule has 0 radical (unpaired) electrons. The van der Waals surface area contributed by atoms with Crippen molar-refractivity contribution in [3.8, 4) is 0 Å². The first-order valence-corrected chi connectivity index (χ1v) is 5.01. The minimum absolute atomic E-state index is 0.983. The van der Waals surface area contributed by atoms with Gasteiger partial charge in [-0.15, -0.1) is 0 Å². The van der Waals surface area contributed by atoms with E-state index >= 15 is 0 Å². The summed E-state index contributed by atoms with van der Waals surface area (Å²) in [5, 5.41) is 3.21. The maximum Gasteiger partial charge on any atom is 0.0205 e. The zero-order valence-corrected chi connectivity index (χ0v) is 8.85. The van der Waals surface area contributed by atoms with E-state index in [-0.39, 0.29) is 0 Å². The molecule has 0 saturated carbocycles. The third kappa shape index (κ3) is 2.85. The molecule has 0 unspecified atom stereocenters. The first-order chi connectivity index (χ1) is 6.27. The molecule has 0 heterocycles. The predicted molar refractivity (Wildman–Crippen MR) is 57.9 cm³/mol. The fourth-order valence-corrected chi connectivity index (χ4v) is 1.62. The predicted octanol–water partition coefficient (Wildman–Crippen LogP) is 2.67. The standard InChI is InChI=1S/C12H19N/c1-4-5-11-7-6-10(2)8-12(11)9-13-3/h6-8,13H,4-5,9H2,1-3H3. The van der Waals surface area contributed by atoms with Crippen LogP contribution >= 0.6 is 0 Å². The zero-order valence-electron chi connectivity index (χ0n) is 8.85. The maximum atomic E-state index is 3.21. The van der Waals surface area contributed by atoms with E-state index in [4.69, 9.17) is 0 Å². The molecule has 0 aliphatic carbocycles. The van der Waals surface area contributed by atoms with Crippen LogP contribution in [0.4, 0.5) is 0 Å². The molecule has 1 nitrogen and oxygen atoms in total. The highest BCUT2D eigenvalue weighted by Crippen LogP contribution is 2.13. The Morgan fingerprint density at radius 1 is 1.23 bits per heavy atom. The number of hydrogen-bond donors (Lipinski definition) is 1. The van der Waals surface area contributed by atoms with Crippen molar-refractivity contribution >= 4 is 0 Å². The molecule has 1 aromatic rings. The normalized spacial score (nSPS) is 10.4. The molecule has 0 atom stereocenters. The number of benzene rings is 1. The summed E-state index contributed by atoms with van der Waals surface area (Å²) in [5.41, 5.74) is 4.29. The first-order valence-electron chi connectivity index (χ1n) is 5.01. The van der Waals surface area contributed by atoms with Crippen molar-refractivity contribution in [3.05, 3.63) is 34.9 Å². The quantitative estimate of drug-likeness (QED) is 0.745. The van der Waals surface area contributed by atoms with Crippen molar-refractivity contribution in [3.63, 3.8) is 0 Å². The summed E-state index contributed by atoms with van der Waals surface area (Å²) in [5.74, 6) is 0. The lowest BCUT2D eigenvalue weighted by atomic mass is 10.0. The second-order valence-electron chi connectivity index (χ2n) is 3.55. The van der Waals surface area contributed by atoms with Gasteiger partial charge in [0, 0.05) is 6.54 Å². The van der Waals surface area contributed by atoms with Gasteiger partial charge in [0.05, 0.1) is 0 Å². The molecule has 0 bridgehead atoms. The van der Waals surface area contributed by atoms with Crippen LogP contribution in [0.15, 0.2) is 18.2 Å². The van der Waals surface area contributed by atoms with Gasteiger partial charge in [-0.25, -0.2) is 0 Å². The molecule has 1 N–H and O–H groups in total. The Hall–Kier alpha value is -0.820. The average Bonchev–Trinajstić information content (AvgIpc) is 2.10. The van der Waals surface area contributed by atoms with Gasteiger partial charge in [0.25, 0.3) is 0 Å². The van der Waals surface area contributed by atoms with Gasteiger partial charge in [0.2, 0.25) is 0 Å². The molecule has 0 spiro atoms. The summed E-state index contributed by atoms with van der Waals surface area (Å²) in [6.07, 6.45) is 2.41. The second-order valence-corrected chi connectivity index (χ2v) is 3.55. The van der Waals surface area contributed by atoms with Crippen LogP contribution in [0.3, 0.4) is 0 Å². The molecule has 1 rings (SSSR count). The third-order valence-electron chi connectivity index (χ3n) is 2.25. The van der Waals surface area contributed by atoms with Crippen LogP contribution in [-0.4, -0.2) is 7.05 Å². The first kappa shape index (κ1) is 10.3. The van der Waals surface area contributed by atoms with Crippen molar-refractivity contribution in [1.29, 1.82) is 0 Å². The van der Waals surface area contributed by atoms with Gasteiger partial charge in [-0.3, -0.25) is 0 Å². The molecule has 72 valence electrons. The van der Waals surface area contributed by atoms with Crippen molar-refractivity contribution < 1.29 is 0 Å². The molecule has 0 aromatic heterocycles. The Bertz CT molecular complexity index is 266. The Balaban J connectivity index is 2.89. The Labute approximate surface area is 81.2 Å². The largest absolute Gasteiger partial charge is 0.316 e. The van der Waals surface area contributed by atoms with Crippen molar-refractivity contribution in [1.82, 2.24) is 5.32 Å².